The van der Waals surface area contributed by atoms with Crippen molar-refractivity contribution in [3.63, 3.8) is 0 Å². The Labute approximate surface area is 162 Å². The van der Waals surface area contributed by atoms with Crippen molar-refractivity contribution in [1.29, 1.82) is 0 Å². The van der Waals surface area contributed by atoms with Crippen LogP contribution in [-0.2, 0) is 13.0 Å². The van der Waals surface area contributed by atoms with E-state index in [2.05, 4.69) is 26.9 Å². The Morgan fingerprint density at radius 1 is 1.12 bits per heavy atom. The molecule has 0 bridgehead atoms. The highest BCUT2D eigenvalue weighted by Gasteiger charge is 2.21. The van der Waals surface area contributed by atoms with Crippen molar-refractivity contribution in [2.45, 2.75) is 19.1 Å². The van der Waals surface area contributed by atoms with E-state index in [1.165, 1.54) is 11.1 Å². The van der Waals surface area contributed by atoms with Crippen LogP contribution in [0.5, 0.6) is 17.2 Å². The zero-order valence-corrected chi connectivity index (χ0v) is 16.7. The average molecular weight is 422 g/mol. The normalized spacial score (nSPS) is 15.2. The van der Waals surface area contributed by atoms with Gasteiger partial charge in [0.25, 0.3) is 0 Å². The summed E-state index contributed by atoms with van der Waals surface area (Å²) in [4.78, 5) is 2.24. The molecular formula is C20H24BrNO4. The fourth-order valence-corrected chi connectivity index (χ4v) is 3.58. The van der Waals surface area contributed by atoms with Crippen LogP contribution < -0.4 is 14.2 Å². The number of ether oxygens (including phenoxy) is 3. The summed E-state index contributed by atoms with van der Waals surface area (Å²) in [5.41, 5.74) is 2.49. The molecule has 0 fully saturated rings. The van der Waals surface area contributed by atoms with E-state index in [0.717, 1.165) is 41.2 Å². The monoisotopic (exact) mass is 421 g/mol. The molecule has 1 N–H and O–H groups in total. The van der Waals surface area contributed by atoms with Gasteiger partial charge in [-0.05, 0) is 47.9 Å². The molecule has 2 aromatic rings. The first-order chi connectivity index (χ1) is 12.6. The van der Waals surface area contributed by atoms with Gasteiger partial charge in [0, 0.05) is 24.1 Å². The second kappa shape index (κ2) is 8.75. The van der Waals surface area contributed by atoms with E-state index in [9.17, 15) is 5.11 Å². The van der Waals surface area contributed by atoms with E-state index >= 15 is 0 Å². The lowest BCUT2D eigenvalue weighted by atomic mass is 9.98. The van der Waals surface area contributed by atoms with Gasteiger partial charge in [-0.2, -0.15) is 0 Å². The maximum Gasteiger partial charge on any atom is 0.161 e. The second-order valence-corrected chi connectivity index (χ2v) is 7.30. The molecule has 1 atom stereocenters. The summed E-state index contributed by atoms with van der Waals surface area (Å²) in [6, 6.07) is 11.7. The lowest BCUT2D eigenvalue weighted by Crippen LogP contribution is -2.38. The molecule has 1 heterocycles. The number of hydrogen-bond acceptors (Lipinski definition) is 5. The van der Waals surface area contributed by atoms with E-state index in [-0.39, 0.29) is 6.61 Å². The Kier molecular flexibility index (Phi) is 6.40. The predicted octanol–water partition coefficient (Wildman–Crippen LogP) is 3.26. The lowest BCUT2D eigenvalue weighted by molar-refractivity contribution is 0.0637. The molecule has 0 amide bonds. The van der Waals surface area contributed by atoms with E-state index in [1.807, 2.05) is 30.3 Å². The van der Waals surface area contributed by atoms with Crippen LogP contribution in [0.25, 0.3) is 0 Å². The summed E-state index contributed by atoms with van der Waals surface area (Å²) in [7, 11) is 3.30. The maximum atomic E-state index is 10.3. The molecule has 0 saturated heterocycles. The van der Waals surface area contributed by atoms with E-state index in [4.69, 9.17) is 14.2 Å². The molecule has 0 spiro atoms. The van der Waals surface area contributed by atoms with E-state index in [0.29, 0.717) is 6.54 Å². The fraction of sp³-hybridized carbons (Fsp3) is 0.400. The van der Waals surface area contributed by atoms with Gasteiger partial charge in [0.1, 0.15) is 18.5 Å². The van der Waals surface area contributed by atoms with Crippen LogP contribution in [-0.4, -0.2) is 50.0 Å². The zero-order chi connectivity index (χ0) is 18.5. The Morgan fingerprint density at radius 3 is 2.54 bits per heavy atom. The summed E-state index contributed by atoms with van der Waals surface area (Å²) >= 11 is 3.42. The summed E-state index contributed by atoms with van der Waals surface area (Å²) < 4.78 is 17.4. The minimum atomic E-state index is -0.546. The van der Waals surface area contributed by atoms with Crippen molar-refractivity contribution in [2.75, 3.05) is 33.9 Å². The third-order valence-corrected chi connectivity index (χ3v) is 5.00. The van der Waals surface area contributed by atoms with Crippen molar-refractivity contribution >= 4 is 15.9 Å². The minimum Gasteiger partial charge on any atom is -0.493 e. The number of nitrogens with zero attached hydrogens (tertiary/aromatic N) is 1. The van der Waals surface area contributed by atoms with Gasteiger partial charge in [0.05, 0.1) is 14.2 Å². The first-order valence-electron chi connectivity index (χ1n) is 8.61. The molecule has 0 radical (unpaired) electrons. The number of benzene rings is 2. The number of rotatable bonds is 7. The summed E-state index contributed by atoms with van der Waals surface area (Å²) in [6.45, 7) is 2.52. The van der Waals surface area contributed by atoms with Crippen molar-refractivity contribution in [3.05, 3.63) is 52.0 Å². The van der Waals surface area contributed by atoms with Gasteiger partial charge < -0.3 is 19.3 Å². The molecule has 140 valence electrons. The number of hydrogen-bond donors (Lipinski definition) is 1. The van der Waals surface area contributed by atoms with E-state index in [1.54, 1.807) is 14.2 Å². The van der Waals surface area contributed by atoms with Gasteiger partial charge in [-0.25, -0.2) is 0 Å². The summed E-state index contributed by atoms with van der Waals surface area (Å²) in [5.74, 6) is 2.26. The molecule has 6 heteroatoms. The summed E-state index contributed by atoms with van der Waals surface area (Å²) in [5, 5.41) is 10.3. The van der Waals surface area contributed by atoms with E-state index < -0.39 is 6.10 Å². The largest absolute Gasteiger partial charge is 0.493 e. The van der Waals surface area contributed by atoms with Gasteiger partial charge in [0.15, 0.2) is 11.5 Å². The van der Waals surface area contributed by atoms with Crippen LogP contribution >= 0.6 is 15.9 Å². The molecule has 0 aliphatic carbocycles. The number of fused-ring (bicyclic) bond motifs is 1. The topological polar surface area (TPSA) is 51.2 Å². The van der Waals surface area contributed by atoms with Gasteiger partial charge in [-0.15, -0.1) is 0 Å². The van der Waals surface area contributed by atoms with Crippen LogP contribution in [0.1, 0.15) is 11.1 Å². The van der Waals surface area contributed by atoms with Gasteiger partial charge in [-0.1, -0.05) is 22.0 Å². The van der Waals surface area contributed by atoms with Crippen molar-refractivity contribution in [3.8, 4) is 17.2 Å². The molecular weight excluding hydrogens is 398 g/mol. The minimum absolute atomic E-state index is 0.270. The second-order valence-electron chi connectivity index (χ2n) is 6.38. The van der Waals surface area contributed by atoms with Crippen LogP contribution in [0.2, 0.25) is 0 Å². The van der Waals surface area contributed by atoms with Gasteiger partial charge in [-0.3, -0.25) is 4.90 Å². The van der Waals surface area contributed by atoms with Crippen molar-refractivity contribution in [1.82, 2.24) is 4.90 Å². The first kappa shape index (κ1) is 19.0. The smallest absolute Gasteiger partial charge is 0.161 e. The molecule has 1 aliphatic heterocycles. The van der Waals surface area contributed by atoms with Crippen LogP contribution in [0, 0.1) is 0 Å². The SMILES string of the molecule is COc1cc2c(cc1OC)CN(CC(O)COc1cccc(Br)c1)CC2. The number of methoxy groups -OCH3 is 2. The molecule has 0 aromatic heterocycles. The van der Waals surface area contributed by atoms with Crippen molar-refractivity contribution in [2.24, 2.45) is 0 Å². The molecule has 0 saturated carbocycles. The van der Waals surface area contributed by atoms with Crippen molar-refractivity contribution < 1.29 is 19.3 Å². The molecule has 5 nitrogen and oxygen atoms in total. The number of β-amino-alcohol motifs (C(OH)–C–C–N with tert-alkyl or cyclic N) is 1. The maximum absolute atomic E-state index is 10.3. The number of aliphatic hydroxyl groups is 1. The Balaban J connectivity index is 1.56. The van der Waals surface area contributed by atoms with Crippen LogP contribution in [0.3, 0.4) is 0 Å². The lowest BCUT2D eigenvalue weighted by Gasteiger charge is -2.31. The highest BCUT2D eigenvalue weighted by molar-refractivity contribution is 9.10. The quantitative estimate of drug-likeness (QED) is 0.743. The Morgan fingerprint density at radius 2 is 1.85 bits per heavy atom. The Hall–Kier alpha value is -1.76. The van der Waals surface area contributed by atoms with Gasteiger partial charge in [0.2, 0.25) is 0 Å². The van der Waals surface area contributed by atoms with Crippen LogP contribution in [0.4, 0.5) is 0 Å². The van der Waals surface area contributed by atoms with Gasteiger partial charge >= 0.3 is 0 Å². The molecule has 2 aromatic carbocycles. The predicted molar refractivity (Wildman–Crippen MR) is 104 cm³/mol. The first-order valence-corrected chi connectivity index (χ1v) is 9.41. The fourth-order valence-electron chi connectivity index (χ4n) is 3.20. The molecule has 26 heavy (non-hydrogen) atoms. The summed E-state index contributed by atoms with van der Waals surface area (Å²) in [6.07, 6.45) is 0.380. The zero-order valence-electron chi connectivity index (χ0n) is 15.1. The average Bonchev–Trinajstić information content (AvgIpc) is 2.65. The number of halogens is 1. The molecule has 1 unspecified atom stereocenters. The number of aliphatic hydroxyl groups excluding tert-OH is 1. The third-order valence-electron chi connectivity index (χ3n) is 4.50. The van der Waals surface area contributed by atoms with Crippen LogP contribution in [0.15, 0.2) is 40.9 Å². The standard InChI is InChI=1S/C20H24BrNO4/c1-24-19-8-14-6-7-22(11-15(14)9-20(19)25-2)12-17(23)13-26-18-5-3-4-16(21)10-18/h3-5,8-10,17,23H,6-7,11-13H2,1-2H3. The highest BCUT2D eigenvalue weighted by atomic mass is 79.9. The Bertz CT molecular complexity index is 753. The molecule has 1 aliphatic rings. The molecule has 3 rings (SSSR count). The highest BCUT2D eigenvalue weighted by Crippen LogP contribution is 2.33. The third kappa shape index (κ3) is 4.69.